The van der Waals surface area contributed by atoms with Gasteiger partial charge in [0.1, 0.15) is 11.4 Å². The lowest BCUT2D eigenvalue weighted by Gasteiger charge is -2.22. The van der Waals surface area contributed by atoms with Crippen LogP contribution in [-0.2, 0) is 4.74 Å². The zero-order valence-corrected chi connectivity index (χ0v) is 14.6. The summed E-state index contributed by atoms with van der Waals surface area (Å²) in [5, 5.41) is 6.30. The van der Waals surface area contributed by atoms with Crippen LogP contribution >= 0.6 is 0 Å². The van der Waals surface area contributed by atoms with E-state index in [1.54, 1.807) is 7.11 Å². The van der Waals surface area contributed by atoms with E-state index in [1.165, 1.54) is 0 Å². The van der Waals surface area contributed by atoms with Crippen LogP contribution in [0.1, 0.15) is 27.2 Å². The second kappa shape index (κ2) is 7.08. The molecule has 1 saturated heterocycles. The summed E-state index contributed by atoms with van der Waals surface area (Å²) in [6.07, 6.45) is 0.605. The molecule has 1 amide bonds. The number of rotatable bonds is 4. The summed E-state index contributed by atoms with van der Waals surface area (Å²) in [5.74, 6) is 0.744. The normalized spacial score (nSPS) is 18.6. The molecule has 1 heterocycles. The van der Waals surface area contributed by atoms with Gasteiger partial charge in [-0.25, -0.2) is 4.79 Å². The van der Waals surface area contributed by atoms with Crippen molar-refractivity contribution in [1.29, 1.82) is 0 Å². The molecular formula is C17H27N3O3. The maximum Gasteiger partial charge on any atom is 0.412 e. The van der Waals surface area contributed by atoms with Crippen molar-refractivity contribution in [3.8, 4) is 5.75 Å². The van der Waals surface area contributed by atoms with E-state index in [-0.39, 0.29) is 0 Å². The number of hydrogen-bond acceptors (Lipinski definition) is 5. The third-order valence-electron chi connectivity index (χ3n) is 3.61. The molecule has 128 valence electrons. The number of carbonyl (C=O) groups excluding carboxylic acids is 1. The Morgan fingerprint density at radius 1 is 1.30 bits per heavy atom. The Balaban J connectivity index is 2.12. The van der Waals surface area contributed by atoms with Gasteiger partial charge in [0.25, 0.3) is 0 Å². The molecule has 1 aliphatic rings. The zero-order valence-electron chi connectivity index (χ0n) is 14.6. The Bertz CT molecular complexity index is 555. The quantitative estimate of drug-likeness (QED) is 0.892. The fraction of sp³-hybridized carbons (Fsp3) is 0.588. The number of methoxy groups -OCH3 is 1. The summed E-state index contributed by atoms with van der Waals surface area (Å²) in [7, 11) is 3.73. The number of ether oxygens (including phenoxy) is 2. The average Bonchev–Trinajstić information content (AvgIpc) is 2.84. The molecule has 2 N–H and O–H groups in total. The molecule has 1 aliphatic heterocycles. The Kier molecular flexibility index (Phi) is 5.36. The van der Waals surface area contributed by atoms with E-state index >= 15 is 0 Å². The molecule has 0 saturated carbocycles. The zero-order chi connectivity index (χ0) is 17.0. The van der Waals surface area contributed by atoms with Crippen molar-refractivity contribution in [2.45, 2.75) is 38.8 Å². The van der Waals surface area contributed by atoms with Crippen molar-refractivity contribution in [3.05, 3.63) is 18.2 Å². The molecule has 0 radical (unpaired) electrons. The van der Waals surface area contributed by atoms with Crippen LogP contribution in [-0.4, -0.2) is 49.9 Å². The minimum absolute atomic E-state index is 0.353. The van der Waals surface area contributed by atoms with Gasteiger partial charge in [-0.1, -0.05) is 0 Å². The number of anilines is 2. The molecule has 1 atom stereocenters. The first-order chi connectivity index (χ1) is 10.8. The minimum Gasteiger partial charge on any atom is -0.497 e. The van der Waals surface area contributed by atoms with Gasteiger partial charge in [-0.3, -0.25) is 5.32 Å². The van der Waals surface area contributed by atoms with Crippen LogP contribution < -0.4 is 15.4 Å². The SMILES string of the molecule is COc1ccc(NC(=O)OC(C)(C)C)c(NC2CCN(C)C2)c1. The van der Waals surface area contributed by atoms with Crippen LogP contribution in [0.5, 0.6) is 5.75 Å². The van der Waals surface area contributed by atoms with Crippen LogP contribution in [0.25, 0.3) is 0 Å². The van der Waals surface area contributed by atoms with Gasteiger partial charge < -0.3 is 19.7 Å². The number of nitrogens with zero attached hydrogens (tertiary/aromatic N) is 1. The van der Waals surface area contributed by atoms with Gasteiger partial charge in [0.15, 0.2) is 0 Å². The Hall–Kier alpha value is -1.95. The molecule has 0 spiro atoms. The second-order valence-corrected chi connectivity index (χ2v) is 6.93. The summed E-state index contributed by atoms with van der Waals surface area (Å²) in [6, 6.07) is 5.89. The molecule has 1 aromatic rings. The summed E-state index contributed by atoms with van der Waals surface area (Å²) in [5.41, 5.74) is 1.00. The Morgan fingerprint density at radius 2 is 2.04 bits per heavy atom. The summed E-state index contributed by atoms with van der Waals surface area (Å²) >= 11 is 0. The average molecular weight is 321 g/mol. The molecule has 1 aromatic carbocycles. The van der Waals surface area contributed by atoms with Crippen LogP contribution in [0.4, 0.5) is 16.2 Å². The molecule has 1 unspecified atom stereocenters. The highest BCUT2D eigenvalue weighted by molar-refractivity contribution is 5.90. The largest absolute Gasteiger partial charge is 0.497 e. The second-order valence-electron chi connectivity index (χ2n) is 6.93. The third-order valence-corrected chi connectivity index (χ3v) is 3.61. The van der Waals surface area contributed by atoms with Crippen molar-refractivity contribution in [1.82, 2.24) is 4.90 Å². The molecule has 1 fully saturated rings. The number of likely N-dealkylation sites (tertiary alicyclic amines) is 1. The van der Waals surface area contributed by atoms with Crippen molar-refractivity contribution in [2.24, 2.45) is 0 Å². The molecule has 0 aliphatic carbocycles. The topological polar surface area (TPSA) is 62.8 Å². The van der Waals surface area contributed by atoms with Gasteiger partial charge in [0, 0.05) is 18.7 Å². The monoisotopic (exact) mass is 321 g/mol. The van der Waals surface area contributed by atoms with E-state index in [4.69, 9.17) is 9.47 Å². The fourth-order valence-electron chi connectivity index (χ4n) is 2.57. The van der Waals surface area contributed by atoms with E-state index < -0.39 is 11.7 Å². The molecule has 23 heavy (non-hydrogen) atoms. The molecule has 0 bridgehead atoms. The fourth-order valence-corrected chi connectivity index (χ4v) is 2.57. The number of amides is 1. The van der Waals surface area contributed by atoms with E-state index in [0.717, 1.165) is 30.9 Å². The minimum atomic E-state index is -0.529. The highest BCUT2D eigenvalue weighted by Crippen LogP contribution is 2.29. The highest BCUT2D eigenvalue weighted by Gasteiger charge is 2.22. The third kappa shape index (κ3) is 5.32. The molecule has 2 rings (SSSR count). The van der Waals surface area contributed by atoms with E-state index in [2.05, 4.69) is 22.6 Å². The van der Waals surface area contributed by atoms with Crippen molar-refractivity contribution >= 4 is 17.5 Å². The first kappa shape index (κ1) is 17.4. The smallest absolute Gasteiger partial charge is 0.412 e. The number of carbonyl (C=O) groups is 1. The van der Waals surface area contributed by atoms with Gasteiger partial charge in [-0.15, -0.1) is 0 Å². The number of nitrogens with one attached hydrogen (secondary N) is 2. The van der Waals surface area contributed by atoms with E-state index in [0.29, 0.717) is 11.7 Å². The summed E-state index contributed by atoms with van der Waals surface area (Å²) in [4.78, 5) is 14.3. The molecule has 0 aromatic heterocycles. The van der Waals surface area contributed by atoms with Crippen molar-refractivity contribution < 1.29 is 14.3 Å². The lowest BCUT2D eigenvalue weighted by atomic mass is 10.2. The highest BCUT2D eigenvalue weighted by atomic mass is 16.6. The van der Waals surface area contributed by atoms with Crippen molar-refractivity contribution in [2.75, 3.05) is 37.9 Å². The van der Waals surface area contributed by atoms with Gasteiger partial charge in [0.2, 0.25) is 0 Å². The number of hydrogen-bond donors (Lipinski definition) is 2. The maximum absolute atomic E-state index is 12.0. The molecular weight excluding hydrogens is 294 g/mol. The first-order valence-corrected chi connectivity index (χ1v) is 7.90. The van der Waals surface area contributed by atoms with Gasteiger partial charge in [-0.05, 0) is 52.9 Å². The van der Waals surface area contributed by atoms with Gasteiger partial charge >= 0.3 is 6.09 Å². The van der Waals surface area contributed by atoms with E-state index in [1.807, 2.05) is 39.0 Å². The van der Waals surface area contributed by atoms with Crippen LogP contribution in [0.15, 0.2) is 18.2 Å². The predicted octanol–water partition coefficient (Wildman–Crippen LogP) is 3.16. The molecule has 6 nitrogen and oxygen atoms in total. The van der Waals surface area contributed by atoms with Gasteiger partial charge in [0.05, 0.1) is 18.5 Å². The Labute approximate surface area is 138 Å². The maximum atomic E-state index is 12.0. The summed E-state index contributed by atoms with van der Waals surface area (Å²) in [6.45, 7) is 7.57. The van der Waals surface area contributed by atoms with Crippen molar-refractivity contribution in [3.63, 3.8) is 0 Å². The number of likely N-dealkylation sites (N-methyl/N-ethyl adjacent to an activating group) is 1. The number of benzene rings is 1. The van der Waals surface area contributed by atoms with Crippen LogP contribution in [0.2, 0.25) is 0 Å². The lowest BCUT2D eigenvalue weighted by molar-refractivity contribution is 0.0636. The molecule has 6 heteroatoms. The first-order valence-electron chi connectivity index (χ1n) is 7.90. The standard InChI is InChI=1S/C17H27N3O3/c1-17(2,3)23-16(21)19-14-7-6-13(22-5)10-15(14)18-12-8-9-20(4)11-12/h6-7,10,12,18H,8-9,11H2,1-5H3,(H,19,21). The van der Waals surface area contributed by atoms with Crippen LogP contribution in [0, 0.1) is 0 Å². The Morgan fingerprint density at radius 3 is 2.61 bits per heavy atom. The lowest BCUT2D eigenvalue weighted by Crippen LogP contribution is -2.28. The predicted molar refractivity (Wildman–Crippen MR) is 92.4 cm³/mol. The summed E-state index contributed by atoms with van der Waals surface area (Å²) < 4.78 is 10.6. The van der Waals surface area contributed by atoms with Crippen LogP contribution in [0.3, 0.4) is 0 Å². The van der Waals surface area contributed by atoms with E-state index in [9.17, 15) is 4.79 Å². The van der Waals surface area contributed by atoms with Gasteiger partial charge in [-0.2, -0.15) is 0 Å².